The standard InChI is InChI=1S/C12H21NO4S3/c1-17-12(14)10-3-2-4-11(10)20(15,16)13-7-9-8-18-5-6-19-9/h9-11,13H,2-8H2,1H3. The molecule has 20 heavy (non-hydrogen) atoms. The Labute approximate surface area is 129 Å². The summed E-state index contributed by atoms with van der Waals surface area (Å²) in [5, 5.41) is -0.294. The zero-order valence-corrected chi connectivity index (χ0v) is 14.0. The van der Waals surface area contributed by atoms with Gasteiger partial charge in [-0.1, -0.05) is 6.42 Å². The summed E-state index contributed by atoms with van der Waals surface area (Å²) in [5.41, 5.74) is 0. The first-order chi connectivity index (χ1) is 9.54. The number of sulfonamides is 1. The Bertz CT molecular complexity index is 434. The molecular weight excluding hydrogens is 318 g/mol. The molecule has 3 unspecified atom stereocenters. The van der Waals surface area contributed by atoms with Gasteiger partial charge in [0, 0.05) is 29.1 Å². The van der Waals surface area contributed by atoms with Gasteiger partial charge >= 0.3 is 5.97 Å². The van der Waals surface area contributed by atoms with E-state index in [4.69, 9.17) is 4.74 Å². The first-order valence-corrected chi connectivity index (χ1v) is 10.5. The average molecular weight is 340 g/mol. The molecule has 0 radical (unpaired) electrons. The number of hydrogen-bond acceptors (Lipinski definition) is 6. The number of ether oxygens (including phenoxy) is 1. The van der Waals surface area contributed by atoms with Crippen LogP contribution in [-0.2, 0) is 19.6 Å². The van der Waals surface area contributed by atoms with Gasteiger partial charge in [-0.05, 0) is 12.8 Å². The van der Waals surface area contributed by atoms with Crippen LogP contribution < -0.4 is 4.72 Å². The van der Waals surface area contributed by atoms with Gasteiger partial charge in [-0.15, -0.1) is 0 Å². The molecule has 2 rings (SSSR count). The molecule has 1 heterocycles. The van der Waals surface area contributed by atoms with Crippen molar-refractivity contribution in [3.63, 3.8) is 0 Å². The Kier molecular flexibility index (Phi) is 6.07. The molecule has 0 amide bonds. The topological polar surface area (TPSA) is 72.5 Å². The molecule has 8 heteroatoms. The fraction of sp³-hybridized carbons (Fsp3) is 0.917. The summed E-state index contributed by atoms with van der Waals surface area (Å²) in [7, 11) is -2.12. The highest BCUT2D eigenvalue weighted by Gasteiger charge is 2.42. The maximum Gasteiger partial charge on any atom is 0.310 e. The van der Waals surface area contributed by atoms with Crippen molar-refractivity contribution in [2.45, 2.75) is 29.8 Å². The Balaban J connectivity index is 1.93. The monoisotopic (exact) mass is 339 g/mol. The zero-order valence-electron chi connectivity index (χ0n) is 11.5. The van der Waals surface area contributed by atoms with E-state index in [0.717, 1.165) is 23.7 Å². The third-order valence-electron chi connectivity index (χ3n) is 3.75. The molecule has 1 N–H and O–H groups in total. The minimum absolute atomic E-state index is 0.335. The highest BCUT2D eigenvalue weighted by atomic mass is 32.2. The van der Waals surface area contributed by atoms with Crippen LogP contribution in [0.5, 0.6) is 0 Å². The van der Waals surface area contributed by atoms with Crippen molar-refractivity contribution < 1.29 is 17.9 Å². The molecule has 0 aromatic heterocycles. The zero-order chi connectivity index (χ0) is 14.6. The summed E-state index contributed by atoms with van der Waals surface area (Å²) in [5.74, 6) is 2.29. The van der Waals surface area contributed by atoms with E-state index in [1.807, 2.05) is 23.5 Å². The first-order valence-electron chi connectivity index (χ1n) is 6.80. The van der Waals surface area contributed by atoms with Crippen molar-refractivity contribution in [1.82, 2.24) is 4.72 Å². The molecule has 0 bridgehead atoms. The van der Waals surface area contributed by atoms with Crippen LogP contribution in [0.25, 0.3) is 0 Å². The maximum absolute atomic E-state index is 12.4. The maximum atomic E-state index is 12.4. The molecular formula is C12H21NO4S3. The van der Waals surface area contributed by atoms with Crippen LogP contribution in [0.1, 0.15) is 19.3 Å². The van der Waals surface area contributed by atoms with Crippen LogP contribution in [0.3, 0.4) is 0 Å². The van der Waals surface area contributed by atoms with Crippen LogP contribution in [0.2, 0.25) is 0 Å². The molecule has 1 aliphatic carbocycles. The minimum atomic E-state index is -3.44. The molecule has 0 aromatic rings. The molecule has 3 atom stereocenters. The smallest absolute Gasteiger partial charge is 0.310 e. The highest BCUT2D eigenvalue weighted by Crippen LogP contribution is 2.32. The fourth-order valence-corrected chi connectivity index (χ4v) is 7.21. The number of hydrogen-bond donors (Lipinski definition) is 1. The first kappa shape index (κ1) is 16.5. The second-order valence-corrected chi connectivity index (χ2v) is 9.60. The van der Waals surface area contributed by atoms with Crippen LogP contribution in [0.4, 0.5) is 0 Å². The summed E-state index contributed by atoms with van der Waals surface area (Å²) in [6, 6.07) is 0. The Hall–Kier alpha value is 0.0800. The van der Waals surface area contributed by atoms with Crippen molar-refractivity contribution in [3.8, 4) is 0 Å². The number of nitrogens with one attached hydrogen (secondary N) is 1. The number of esters is 1. The number of carbonyl (C=O) groups excluding carboxylic acids is 1. The van der Waals surface area contributed by atoms with Crippen molar-refractivity contribution in [2.75, 3.05) is 30.9 Å². The van der Waals surface area contributed by atoms with Gasteiger partial charge in [0.15, 0.2) is 0 Å². The van der Waals surface area contributed by atoms with Gasteiger partial charge in [0.1, 0.15) is 0 Å². The molecule has 0 spiro atoms. The summed E-state index contributed by atoms with van der Waals surface area (Å²) >= 11 is 3.68. The third kappa shape index (κ3) is 4.05. The van der Waals surface area contributed by atoms with E-state index in [1.165, 1.54) is 7.11 Å². The summed E-state index contributed by atoms with van der Waals surface area (Å²) < 4.78 is 32.2. The molecule has 1 aliphatic heterocycles. The number of methoxy groups -OCH3 is 1. The summed E-state index contributed by atoms with van der Waals surface area (Å²) in [6.07, 6.45) is 1.91. The van der Waals surface area contributed by atoms with Crippen molar-refractivity contribution in [1.29, 1.82) is 0 Å². The van der Waals surface area contributed by atoms with Gasteiger partial charge in [-0.2, -0.15) is 23.5 Å². The van der Waals surface area contributed by atoms with E-state index in [0.29, 0.717) is 24.6 Å². The quantitative estimate of drug-likeness (QED) is 0.756. The van der Waals surface area contributed by atoms with Crippen LogP contribution in [-0.4, -0.2) is 55.8 Å². The second kappa shape index (κ2) is 7.38. The largest absolute Gasteiger partial charge is 0.469 e. The summed E-state index contributed by atoms with van der Waals surface area (Å²) in [6.45, 7) is 0.463. The number of rotatable bonds is 5. The van der Waals surface area contributed by atoms with Crippen LogP contribution in [0.15, 0.2) is 0 Å². The van der Waals surface area contributed by atoms with E-state index >= 15 is 0 Å². The van der Waals surface area contributed by atoms with Gasteiger partial charge in [0.05, 0.1) is 18.3 Å². The van der Waals surface area contributed by atoms with E-state index in [9.17, 15) is 13.2 Å². The molecule has 2 aliphatic rings. The predicted octanol–water partition coefficient (Wildman–Crippen LogP) is 1.10. The van der Waals surface area contributed by atoms with Gasteiger partial charge < -0.3 is 4.74 Å². The lowest BCUT2D eigenvalue weighted by molar-refractivity contribution is -0.145. The van der Waals surface area contributed by atoms with Crippen molar-refractivity contribution >= 4 is 39.5 Å². The lowest BCUT2D eigenvalue weighted by Gasteiger charge is -2.23. The van der Waals surface area contributed by atoms with E-state index in [2.05, 4.69) is 4.72 Å². The Morgan fingerprint density at radius 2 is 2.15 bits per heavy atom. The van der Waals surface area contributed by atoms with E-state index in [1.54, 1.807) is 0 Å². The molecule has 2 fully saturated rings. The van der Waals surface area contributed by atoms with Gasteiger partial charge in [-0.25, -0.2) is 13.1 Å². The van der Waals surface area contributed by atoms with Crippen molar-refractivity contribution in [2.24, 2.45) is 5.92 Å². The van der Waals surface area contributed by atoms with Gasteiger partial charge in [0.2, 0.25) is 10.0 Å². The van der Waals surface area contributed by atoms with Crippen molar-refractivity contribution in [3.05, 3.63) is 0 Å². The fourth-order valence-electron chi connectivity index (χ4n) is 2.69. The van der Waals surface area contributed by atoms with E-state index in [-0.39, 0.29) is 0 Å². The third-order valence-corrected chi connectivity index (χ3v) is 8.53. The molecule has 5 nitrogen and oxygen atoms in total. The van der Waals surface area contributed by atoms with Gasteiger partial charge in [0.25, 0.3) is 0 Å². The predicted molar refractivity (Wildman–Crippen MR) is 83.6 cm³/mol. The summed E-state index contributed by atoms with van der Waals surface area (Å²) in [4.78, 5) is 11.7. The second-order valence-electron chi connectivity index (χ2n) is 5.06. The molecule has 116 valence electrons. The SMILES string of the molecule is COC(=O)C1CCCC1S(=O)(=O)NCC1CSCCS1. The molecule has 1 saturated heterocycles. The highest BCUT2D eigenvalue weighted by molar-refractivity contribution is 8.06. The molecule has 1 saturated carbocycles. The normalized spacial score (nSPS) is 31.1. The lowest BCUT2D eigenvalue weighted by Crippen LogP contribution is -2.42. The Morgan fingerprint density at radius 3 is 2.80 bits per heavy atom. The minimum Gasteiger partial charge on any atom is -0.469 e. The number of thioether (sulfide) groups is 2. The lowest BCUT2D eigenvalue weighted by atomic mass is 10.1. The van der Waals surface area contributed by atoms with Crippen LogP contribution in [0, 0.1) is 5.92 Å². The van der Waals surface area contributed by atoms with Crippen LogP contribution >= 0.6 is 23.5 Å². The van der Waals surface area contributed by atoms with Gasteiger partial charge in [-0.3, -0.25) is 4.79 Å². The molecule has 0 aromatic carbocycles. The average Bonchev–Trinajstić information content (AvgIpc) is 2.96. The number of carbonyl (C=O) groups is 1. The van der Waals surface area contributed by atoms with E-state index < -0.39 is 27.2 Å². The Morgan fingerprint density at radius 1 is 1.35 bits per heavy atom.